The number of hydrogen-bond donors (Lipinski definition) is 1. The second-order valence-electron chi connectivity index (χ2n) is 14.2. The molecule has 10 aromatic rings. The highest BCUT2D eigenvalue weighted by molar-refractivity contribution is 6.25. The maximum Gasteiger partial charge on any atom is 0.0672 e. The fourth-order valence-corrected chi connectivity index (χ4v) is 7.73. The topological polar surface area (TPSA) is 43.3 Å². The van der Waals surface area contributed by atoms with Gasteiger partial charge in [-0.25, -0.2) is 0 Å². The van der Waals surface area contributed by atoms with Crippen LogP contribution in [0.1, 0.15) is 16.7 Å². The third-order valence-corrected chi connectivity index (χ3v) is 10.6. The number of benzene rings is 9. The van der Waals surface area contributed by atoms with E-state index in [9.17, 15) is 0 Å². The van der Waals surface area contributed by atoms with Gasteiger partial charge in [-0.1, -0.05) is 181 Å². The van der Waals surface area contributed by atoms with Gasteiger partial charge in [0.2, 0.25) is 0 Å². The average molecular weight is 736 g/mol. The number of fused-ring (bicyclic) bond motifs is 9. The molecule has 0 aliphatic heterocycles. The molecule has 2 N–H and O–H groups in total. The first kappa shape index (κ1) is 36.9. The molecule has 0 saturated heterocycles. The molecule has 9 aromatic carbocycles. The van der Waals surface area contributed by atoms with Crippen LogP contribution in [0.2, 0.25) is 0 Å². The molecular weight excluding hydrogens is 691 g/mol. The Morgan fingerprint density at radius 3 is 1.56 bits per heavy atom. The predicted octanol–water partition coefficient (Wildman–Crippen LogP) is 13.8. The maximum atomic E-state index is 5.35. The molecule has 10 rings (SSSR count). The number of aryl methyl sites for hydroxylation is 1. The van der Waals surface area contributed by atoms with E-state index in [-0.39, 0.29) is 0 Å². The summed E-state index contributed by atoms with van der Waals surface area (Å²) >= 11 is 0. The summed E-state index contributed by atoms with van der Waals surface area (Å²) in [7, 11) is 0. The van der Waals surface area contributed by atoms with Crippen molar-refractivity contribution >= 4 is 66.5 Å². The molecule has 0 amide bonds. The summed E-state index contributed by atoms with van der Waals surface area (Å²) in [6.45, 7) is 7.39. The Balaban J connectivity index is 0.000000254. The van der Waals surface area contributed by atoms with E-state index in [1.807, 2.05) is 48.5 Å². The van der Waals surface area contributed by atoms with Crippen molar-refractivity contribution in [1.82, 2.24) is 4.57 Å². The molecule has 57 heavy (non-hydrogen) atoms. The minimum absolute atomic E-state index is 0.640. The van der Waals surface area contributed by atoms with Gasteiger partial charge >= 0.3 is 0 Å². The van der Waals surface area contributed by atoms with Gasteiger partial charge in [-0.3, -0.25) is 4.99 Å². The molecule has 0 bridgehead atoms. The Morgan fingerprint density at radius 2 is 1.00 bits per heavy atom. The molecule has 0 unspecified atom stereocenters. The van der Waals surface area contributed by atoms with E-state index < -0.39 is 0 Å². The first-order chi connectivity index (χ1) is 28.1. The van der Waals surface area contributed by atoms with Crippen molar-refractivity contribution in [2.24, 2.45) is 10.7 Å². The largest absolute Gasteiger partial charge is 0.336 e. The molecular formula is C54H45N3. The van der Waals surface area contributed by atoms with Crippen molar-refractivity contribution in [3.8, 4) is 11.1 Å². The van der Waals surface area contributed by atoms with Gasteiger partial charge in [0.25, 0.3) is 0 Å². The van der Waals surface area contributed by atoms with Crippen LogP contribution in [0.5, 0.6) is 0 Å². The molecule has 0 atom stereocenters. The Kier molecular flexibility index (Phi) is 11.1. The Morgan fingerprint density at radius 1 is 0.491 bits per heavy atom. The Hall–Kier alpha value is -7.07. The van der Waals surface area contributed by atoms with Crippen molar-refractivity contribution in [3.05, 3.63) is 223 Å². The minimum atomic E-state index is 0.640. The lowest BCUT2D eigenvalue weighted by Crippen LogP contribution is -1.96. The van der Waals surface area contributed by atoms with E-state index in [2.05, 4.69) is 181 Å². The fourth-order valence-electron chi connectivity index (χ4n) is 7.73. The molecule has 0 fully saturated rings. The van der Waals surface area contributed by atoms with Crippen LogP contribution >= 0.6 is 0 Å². The third kappa shape index (κ3) is 7.88. The molecule has 0 aliphatic carbocycles. The predicted molar refractivity (Wildman–Crippen MR) is 247 cm³/mol. The summed E-state index contributed by atoms with van der Waals surface area (Å²) < 4.78 is 2.38. The minimum Gasteiger partial charge on any atom is -0.336 e. The quantitative estimate of drug-likeness (QED) is 0.134. The van der Waals surface area contributed by atoms with Gasteiger partial charge in [0.15, 0.2) is 0 Å². The van der Waals surface area contributed by atoms with Gasteiger partial charge in [-0.2, -0.15) is 0 Å². The standard InChI is InChI=1S/C40H28N2.C7H9N.C7H8/c1-41-38(29-19-21-34-32-15-6-5-13-30(32)31-14-7-8-16-33(31)36(34)26-29)23-24-42-39-18-10-9-17-35(39)37-25-28(20-22-40(37)42)27-11-3-2-4-12-27;8-6-7-4-2-1-3-5-7;1-7-5-3-2-4-6-7/h2-23,25-26H,1,24H2;1-5H,6,8H2;2-6H,1H3/b38-23-;;. The van der Waals surface area contributed by atoms with E-state index in [1.165, 1.54) is 76.4 Å². The first-order valence-corrected chi connectivity index (χ1v) is 19.5. The lowest BCUT2D eigenvalue weighted by atomic mass is 9.93. The highest BCUT2D eigenvalue weighted by Gasteiger charge is 2.13. The molecule has 0 spiro atoms. The number of nitrogens with two attached hydrogens (primary N) is 1. The summed E-state index contributed by atoms with van der Waals surface area (Å²) in [5.41, 5.74) is 14.7. The number of rotatable bonds is 6. The first-order valence-electron chi connectivity index (χ1n) is 19.5. The van der Waals surface area contributed by atoms with Crippen LogP contribution in [-0.4, -0.2) is 11.3 Å². The van der Waals surface area contributed by atoms with Crippen LogP contribution < -0.4 is 5.73 Å². The zero-order valence-electron chi connectivity index (χ0n) is 32.2. The van der Waals surface area contributed by atoms with Gasteiger partial charge in [0.05, 0.1) is 5.70 Å². The summed E-state index contributed by atoms with van der Waals surface area (Å²) in [6, 6.07) is 70.4. The van der Waals surface area contributed by atoms with Crippen molar-refractivity contribution in [3.63, 3.8) is 0 Å². The molecule has 0 saturated carbocycles. The summed E-state index contributed by atoms with van der Waals surface area (Å²) in [5, 5.41) is 10.1. The summed E-state index contributed by atoms with van der Waals surface area (Å²) in [5.74, 6) is 0. The molecule has 0 radical (unpaired) electrons. The molecule has 1 heterocycles. The van der Waals surface area contributed by atoms with Crippen LogP contribution in [0.3, 0.4) is 0 Å². The van der Waals surface area contributed by atoms with Gasteiger partial charge in [0.1, 0.15) is 0 Å². The monoisotopic (exact) mass is 735 g/mol. The molecule has 1 aromatic heterocycles. The van der Waals surface area contributed by atoms with Crippen molar-refractivity contribution in [2.45, 2.75) is 20.0 Å². The smallest absolute Gasteiger partial charge is 0.0672 e. The zero-order valence-corrected chi connectivity index (χ0v) is 32.2. The lowest BCUT2D eigenvalue weighted by molar-refractivity contribution is 0.899. The van der Waals surface area contributed by atoms with Crippen LogP contribution in [0.4, 0.5) is 0 Å². The number of aromatic nitrogens is 1. The fraction of sp³-hybridized carbons (Fsp3) is 0.0556. The van der Waals surface area contributed by atoms with Crippen molar-refractivity contribution in [2.75, 3.05) is 0 Å². The van der Waals surface area contributed by atoms with Gasteiger partial charge in [0, 0.05) is 40.5 Å². The summed E-state index contributed by atoms with van der Waals surface area (Å²) in [4.78, 5) is 4.52. The van der Waals surface area contributed by atoms with Crippen LogP contribution in [-0.2, 0) is 13.1 Å². The van der Waals surface area contributed by atoms with E-state index >= 15 is 0 Å². The van der Waals surface area contributed by atoms with E-state index in [0.717, 1.165) is 11.3 Å². The highest BCUT2D eigenvalue weighted by atomic mass is 15.0. The second kappa shape index (κ2) is 17.2. The molecule has 276 valence electrons. The van der Waals surface area contributed by atoms with Crippen LogP contribution in [0, 0.1) is 6.92 Å². The van der Waals surface area contributed by atoms with Crippen molar-refractivity contribution < 1.29 is 0 Å². The molecule has 3 nitrogen and oxygen atoms in total. The number of nitrogens with zero attached hydrogens (tertiary/aromatic N) is 2. The van der Waals surface area contributed by atoms with Crippen LogP contribution in [0.25, 0.3) is 70.9 Å². The Bertz CT molecular complexity index is 2940. The Labute approximate surface area is 334 Å². The van der Waals surface area contributed by atoms with E-state index in [4.69, 9.17) is 5.73 Å². The number of allylic oxidation sites excluding steroid dienone is 1. The second-order valence-corrected chi connectivity index (χ2v) is 14.2. The number of aliphatic imine (C=N–C) groups is 1. The SMILES string of the molecule is C=N/C(=C\Cn1c2ccccc2c2cc(-c3ccccc3)ccc21)c1ccc2c3ccccc3c3ccccc3c2c1.Cc1ccccc1.NCc1ccccc1. The average Bonchev–Trinajstić information content (AvgIpc) is 3.60. The lowest BCUT2D eigenvalue weighted by Gasteiger charge is -2.12. The number of para-hydroxylation sites is 1. The third-order valence-electron chi connectivity index (χ3n) is 10.6. The van der Waals surface area contributed by atoms with Crippen LogP contribution in [0.15, 0.2) is 211 Å². The molecule has 0 aliphatic rings. The maximum absolute atomic E-state index is 5.35. The van der Waals surface area contributed by atoms with Crippen molar-refractivity contribution in [1.29, 1.82) is 0 Å². The van der Waals surface area contributed by atoms with E-state index in [1.54, 1.807) is 0 Å². The zero-order chi connectivity index (χ0) is 39.0. The van der Waals surface area contributed by atoms with Gasteiger partial charge in [-0.05, 0) is 93.0 Å². The summed E-state index contributed by atoms with van der Waals surface area (Å²) in [6.07, 6.45) is 2.20. The highest BCUT2D eigenvalue weighted by Crippen LogP contribution is 2.37. The van der Waals surface area contributed by atoms with Gasteiger partial charge in [-0.15, -0.1) is 0 Å². The molecule has 3 heteroatoms. The van der Waals surface area contributed by atoms with Gasteiger partial charge < -0.3 is 10.3 Å². The van der Waals surface area contributed by atoms with E-state index in [0.29, 0.717) is 13.1 Å². The normalized spacial score (nSPS) is 11.3. The number of hydrogen-bond acceptors (Lipinski definition) is 2.